The van der Waals surface area contributed by atoms with Crippen molar-refractivity contribution in [3.05, 3.63) is 24.2 Å². The highest BCUT2D eigenvalue weighted by Crippen LogP contribution is 2.51. The van der Waals surface area contributed by atoms with Crippen molar-refractivity contribution in [2.45, 2.75) is 77.4 Å². The highest BCUT2D eigenvalue weighted by Gasteiger charge is 2.51. The summed E-state index contributed by atoms with van der Waals surface area (Å²) in [5, 5.41) is 2.86. The third-order valence-electron chi connectivity index (χ3n) is 6.51. The van der Waals surface area contributed by atoms with Gasteiger partial charge in [0.15, 0.2) is 8.32 Å². The lowest BCUT2D eigenvalue weighted by atomic mass is 10.1. The Kier molecular flexibility index (Phi) is 9.36. The van der Waals surface area contributed by atoms with E-state index in [2.05, 4.69) is 39.2 Å². The van der Waals surface area contributed by atoms with E-state index < -0.39 is 15.9 Å². The first-order chi connectivity index (χ1) is 14.9. The Labute approximate surface area is 194 Å². The average Bonchev–Trinajstić information content (AvgIpc) is 3.03. The molecule has 0 unspecified atom stereocenters. The molecule has 1 N–H and O–H groups in total. The fourth-order valence-electron chi connectivity index (χ4n) is 3.86. The molecule has 0 aromatic carbocycles. The Bertz CT molecular complexity index is 741. The number of methoxy groups -OCH3 is 1. The summed E-state index contributed by atoms with van der Waals surface area (Å²) in [4.78, 5) is 14.3. The molecule has 32 heavy (non-hydrogen) atoms. The van der Waals surface area contributed by atoms with Gasteiger partial charge in [-0.3, -0.25) is 9.46 Å². The monoisotopic (exact) mass is 488 g/mol. The molecule has 0 radical (unpaired) electrons. The molecule has 0 bridgehead atoms. The number of carbonyl (C=O) groups excluding carboxylic acids is 1. The van der Waals surface area contributed by atoms with Crippen LogP contribution in [-0.4, -0.2) is 64.4 Å². The standard InChI is InChI=1S/C22H41N2O6PSi/c1-9-28-31(26,29-10-2)15-12-17-16-18(24-14-11-13-23-21(24)25)20(27-6)19(17)30-32(7,8)22(3,4)5/h11-12,14-15,17-20H,9-10,13,16H2,1-8H3,(H,23,25)/b15-12+/t17-,18+,19+,20-/m0/s1. The van der Waals surface area contributed by atoms with Crippen molar-refractivity contribution in [2.24, 2.45) is 5.92 Å². The zero-order valence-corrected chi connectivity index (χ0v) is 22.7. The van der Waals surface area contributed by atoms with Crippen LogP contribution < -0.4 is 5.32 Å². The summed E-state index contributed by atoms with van der Waals surface area (Å²) in [6.07, 6.45) is 5.61. The van der Waals surface area contributed by atoms with E-state index in [9.17, 15) is 9.36 Å². The molecule has 0 saturated heterocycles. The van der Waals surface area contributed by atoms with Crippen molar-refractivity contribution in [1.29, 1.82) is 0 Å². The molecule has 1 heterocycles. The second-order valence-corrected chi connectivity index (χ2v) is 16.4. The van der Waals surface area contributed by atoms with E-state index in [0.29, 0.717) is 13.0 Å². The molecule has 4 atom stereocenters. The van der Waals surface area contributed by atoms with Crippen LogP contribution >= 0.6 is 7.60 Å². The third kappa shape index (κ3) is 6.33. The fourth-order valence-corrected chi connectivity index (χ4v) is 6.61. The molecule has 8 nitrogen and oxygen atoms in total. The fraction of sp³-hybridized carbons (Fsp3) is 0.773. The van der Waals surface area contributed by atoms with Crippen LogP contribution in [0.3, 0.4) is 0 Å². The summed E-state index contributed by atoms with van der Waals surface area (Å²) < 4.78 is 36.6. The predicted octanol–water partition coefficient (Wildman–Crippen LogP) is 5.10. The van der Waals surface area contributed by atoms with E-state index in [-0.39, 0.29) is 48.5 Å². The first-order valence-electron chi connectivity index (χ1n) is 11.4. The van der Waals surface area contributed by atoms with Crippen LogP contribution in [0, 0.1) is 5.92 Å². The average molecular weight is 489 g/mol. The smallest absolute Gasteiger partial charge is 0.353 e. The maximum Gasteiger partial charge on any atom is 0.353 e. The minimum Gasteiger partial charge on any atom is -0.411 e. The Hall–Kier alpha value is -0.963. The molecule has 184 valence electrons. The molecule has 1 aliphatic carbocycles. The lowest BCUT2D eigenvalue weighted by Gasteiger charge is -2.41. The highest BCUT2D eigenvalue weighted by molar-refractivity contribution is 7.57. The minimum atomic E-state index is -3.35. The van der Waals surface area contributed by atoms with Gasteiger partial charge in [0.25, 0.3) is 0 Å². The molecule has 2 aliphatic rings. The molecule has 0 aromatic rings. The van der Waals surface area contributed by atoms with Crippen molar-refractivity contribution in [2.75, 3.05) is 26.9 Å². The van der Waals surface area contributed by atoms with Gasteiger partial charge in [-0.2, -0.15) is 0 Å². The number of amides is 2. The van der Waals surface area contributed by atoms with Crippen LogP contribution in [0.1, 0.15) is 41.0 Å². The zero-order valence-electron chi connectivity index (χ0n) is 20.8. The second kappa shape index (κ2) is 11.0. The molecular formula is C22H41N2O6PSi. The van der Waals surface area contributed by atoms with Crippen LogP contribution in [0.25, 0.3) is 0 Å². The number of carbonyl (C=O) groups is 1. The number of hydrogen-bond donors (Lipinski definition) is 1. The molecular weight excluding hydrogens is 447 g/mol. The first kappa shape index (κ1) is 27.3. The van der Waals surface area contributed by atoms with E-state index in [1.165, 1.54) is 0 Å². The van der Waals surface area contributed by atoms with Crippen molar-refractivity contribution < 1.29 is 27.6 Å². The summed E-state index contributed by atoms with van der Waals surface area (Å²) in [7, 11) is -3.85. The third-order valence-corrected chi connectivity index (χ3v) is 12.8. The lowest BCUT2D eigenvalue weighted by molar-refractivity contribution is -0.0166. The van der Waals surface area contributed by atoms with Crippen LogP contribution in [-0.2, 0) is 22.8 Å². The van der Waals surface area contributed by atoms with Gasteiger partial charge in [-0.1, -0.05) is 26.8 Å². The zero-order chi connectivity index (χ0) is 24.2. The Morgan fingerprint density at radius 1 is 1.22 bits per heavy atom. The van der Waals surface area contributed by atoms with Crippen LogP contribution in [0.4, 0.5) is 4.79 Å². The largest absolute Gasteiger partial charge is 0.411 e. The molecule has 0 spiro atoms. The minimum absolute atomic E-state index is 0.00593. The van der Waals surface area contributed by atoms with Crippen molar-refractivity contribution in [3.8, 4) is 0 Å². The topological polar surface area (TPSA) is 86.3 Å². The summed E-state index contributed by atoms with van der Waals surface area (Å²) in [6.45, 7) is 15.6. The van der Waals surface area contributed by atoms with Crippen molar-refractivity contribution >= 4 is 21.9 Å². The van der Waals surface area contributed by atoms with E-state index >= 15 is 0 Å². The number of nitrogens with one attached hydrogen (secondary N) is 1. The number of ether oxygens (including phenoxy) is 1. The summed E-state index contributed by atoms with van der Waals surface area (Å²) in [5.74, 6) is 1.44. The maximum atomic E-state index is 13.0. The summed E-state index contributed by atoms with van der Waals surface area (Å²) >= 11 is 0. The SMILES string of the molecule is CCOP(=O)(/C=C/[C@H]1C[C@@H](N2C=CCNC2=O)[C@H](OC)[C@@H]1O[Si](C)(C)C(C)(C)C)OCC. The Balaban J connectivity index is 2.41. The molecule has 0 aromatic heterocycles. The molecule has 1 saturated carbocycles. The normalized spacial score (nSPS) is 27.4. The second-order valence-electron chi connectivity index (χ2n) is 9.71. The quantitative estimate of drug-likeness (QED) is 0.340. The number of nitrogens with zero attached hydrogens (tertiary/aromatic N) is 1. The summed E-state index contributed by atoms with van der Waals surface area (Å²) in [6, 6.07) is -0.357. The Morgan fingerprint density at radius 2 is 1.84 bits per heavy atom. The van der Waals surface area contributed by atoms with E-state index in [0.717, 1.165) is 0 Å². The Morgan fingerprint density at radius 3 is 2.34 bits per heavy atom. The molecule has 2 amide bonds. The van der Waals surface area contributed by atoms with Gasteiger partial charge in [0.2, 0.25) is 0 Å². The molecule has 1 aliphatic heterocycles. The van der Waals surface area contributed by atoms with Crippen LogP contribution in [0.5, 0.6) is 0 Å². The van der Waals surface area contributed by atoms with E-state index in [4.69, 9.17) is 18.2 Å². The van der Waals surface area contributed by atoms with Gasteiger partial charge in [-0.15, -0.1) is 0 Å². The van der Waals surface area contributed by atoms with Gasteiger partial charge in [-0.05, 0) is 44.5 Å². The molecule has 10 heteroatoms. The van der Waals surface area contributed by atoms with E-state index in [1.807, 2.05) is 18.4 Å². The van der Waals surface area contributed by atoms with Crippen LogP contribution in [0.2, 0.25) is 18.1 Å². The number of urea groups is 1. The van der Waals surface area contributed by atoms with Gasteiger partial charge in [-0.25, -0.2) is 4.79 Å². The molecule has 1 fully saturated rings. The lowest BCUT2D eigenvalue weighted by Crippen LogP contribution is -2.53. The van der Waals surface area contributed by atoms with Gasteiger partial charge in [0.1, 0.15) is 6.10 Å². The van der Waals surface area contributed by atoms with Crippen molar-refractivity contribution in [1.82, 2.24) is 10.2 Å². The number of hydrogen-bond acceptors (Lipinski definition) is 6. The maximum absolute atomic E-state index is 13.0. The number of rotatable bonds is 10. The summed E-state index contributed by atoms with van der Waals surface area (Å²) in [5.41, 5.74) is 0. The van der Waals surface area contributed by atoms with Gasteiger partial charge in [0.05, 0.1) is 25.4 Å². The first-order valence-corrected chi connectivity index (χ1v) is 15.9. The van der Waals surface area contributed by atoms with Crippen LogP contribution in [0.15, 0.2) is 24.2 Å². The van der Waals surface area contributed by atoms with E-state index in [1.54, 1.807) is 31.7 Å². The van der Waals surface area contributed by atoms with Gasteiger partial charge in [0, 0.05) is 31.6 Å². The highest BCUT2D eigenvalue weighted by atomic mass is 31.2. The van der Waals surface area contributed by atoms with Crippen molar-refractivity contribution in [3.63, 3.8) is 0 Å². The predicted molar refractivity (Wildman–Crippen MR) is 129 cm³/mol. The molecule has 2 rings (SSSR count). The van der Waals surface area contributed by atoms with Gasteiger partial charge >= 0.3 is 13.6 Å². The van der Waals surface area contributed by atoms with Gasteiger partial charge < -0.3 is 23.5 Å².